The lowest BCUT2D eigenvalue weighted by atomic mass is 9.79. The van der Waals surface area contributed by atoms with E-state index in [1.807, 2.05) is 85.7 Å². The van der Waals surface area contributed by atoms with E-state index in [2.05, 4.69) is 15.2 Å². The molecule has 2 amide bonds. The number of benzene rings is 1. The van der Waals surface area contributed by atoms with Crippen molar-refractivity contribution in [3.8, 4) is 0 Å². The van der Waals surface area contributed by atoms with E-state index in [9.17, 15) is 9.59 Å². The third-order valence-corrected chi connectivity index (χ3v) is 7.28. The predicted molar refractivity (Wildman–Crippen MR) is 149 cm³/mol. The van der Waals surface area contributed by atoms with Gasteiger partial charge in [-0.1, -0.05) is 12.1 Å². The van der Waals surface area contributed by atoms with Crippen LogP contribution >= 0.6 is 0 Å². The van der Waals surface area contributed by atoms with Crippen molar-refractivity contribution >= 4 is 36.1 Å². The smallest absolute Gasteiger partial charge is 0.444 e. The van der Waals surface area contributed by atoms with Gasteiger partial charge in [0, 0.05) is 37.6 Å². The molecular formula is C28H39BN4O5. The van der Waals surface area contributed by atoms with Crippen LogP contribution in [0.5, 0.6) is 0 Å². The lowest BCUT2D eigenvalue weighted by Crippen LogP contribution is -2.54. The first-order valence-corrected chi connectivity index (χ1v) is 13.1. The fourth-order valence-electron chi connectivity index (χ4n) is 4.39. The van der Waals surface area contributed by atoms with Gasteiger partial charge in [-0.15, -0.1) is 0 Å². The van der Waals surface area contributed by atoms with Crippen LogP contribution in [0, 0.1) is 0 Å². The van der Waals surface area contributed by atoms with Crippen LogP contribution < -0.4 is 15.7 Å². The first-order valence-electron chi connectivity index (χ1n) is 13.1. The van der Waals surface area contributed by atoms with Crippen LogP contribution in [-0.2, 0) is 14.0 Å². The van der Waals surface area contributed by atoms with Gasteiger partial charge in [0.05, 0.1) is 16.8 Å². The van der Waals surface area contributed by atoms with Crippen molar-refractivity contribution in [3.05, 3.63) is 48.2 Å². The molecule has 4 rings (SSSR count). The van der Waals surface area contributed by atoms with E-state index < -0.39 is 23.9 Å². The number of rotatable bonds is 4. The summed E-state index contributed by atoms with van der Waals surface area (Å²) in [6.07, 6.45) is 1.28. The summed E-state index contributed by atoms with van der Waals surface area (Å²) in [5.41, 5.74) is 0.689. The van der Waals surface area contributed by atoms with Crippen molar-refractivity contribution in [3.63, 3.8) is 0 Å². The first-order chi connectivity index (χ1) is 17.6. The molecular weight excluding hydrogens is 483 g/mol. The molecule has 1 aromatic heterocycles. The molecule has 1 atom stereocenters. The van der Waals surface area contributed by atoms with Crippen molar-refractivity contribution < 1.29 is 23.6 Å². The lowest BCUT2D eigenvalue weighted by molar-refractivity contribution is 0.00578. The van der Waals surface area contributed by atoms with E-state index in [1.165, 1.54) is 0 Å². The van der Waals surface area contributed by atoms with Gasteiger partial charge in [-0.2, -0.15) is 0 Å². The molecule has 0 spiro atoms. The Morgan fingerprint density at radius 3 is 2.18 bits per heavy atom. The SMILES string of the molecule is C[C@@H]1CN(C(=O)OC(C)(C)C)CCN1c1ccc(C(=O)Nc2ccc(B3OC(C)(C)C(C)(C)O3)cc2)cn1. The number of nitrogens with one attached hydrogen (secondary N) is 1. The molecule has 1 aromatic carbocycles. The number of aromatic nitrogens is 1. The van der Waals surface area contributed by atoms with E-state index in [0.29, 0.717) is 30.9 Å². The summed E-state index contributed by atoms with van der Waals surface area (Å²) in [5.74, 6) is 0.528. The number of hydrogen-bond acceptors (Lipinski definition) is 7. The van der Waals surface area contributed by atoms with Crippen molar-refractivity contribution in [2.45, 2.75) is 78.2 Å². The number of piperazine rings is 1. The third kappa shape index (κ3) is 6.13. The number of pyridine rings is 1. The summed E-state index contributed by atoms with van der Waals surface area (Å²) in [7, 11) is -0.449. The highest BCUT2D eigenvalue weighted by Gasteiger charge is 2.51. The number of anilines is 2. The Morgan fingerprint density at radius 1 is 1.03 bits per heavy atom. The van der Waals surface area contributed by atoms with Crippen LogP contribution in [0.3, 0.4) is 0 Å². The number of carbonyl (C=O) groups is 2. The van der Waals surface area contributed by atoms with Gasteiger partial charge in [-0.3, -0.25) is 4.79 Å². The summed E-state index contributed by atoms with van der Waals surface area (Å²) in [4.78, 5) is 33.7. The molecule has 2 fully saturated rings. The number of nitrogens with zero attached hydrogens (tertiary/aromatic N) is 3. The van der Waals surface area contributed by atoms with Crippen LogP contribution in [0.25, 0.3) is 0 Å². The maximum Gasteiger partial charge on any atom is 0.494 e. The minimum Gasteiger partial charge on any atom is -0.444 e. The Morgan fingerprint density at radius 2 is 1.66 bits per heavy atom. The highest BCUT2D eigenvalue weighted by molar-refractivity contribution is 6.62. The van der Waals surface area contributed by atoms with Gasteiger partial charge >= 0.3 is 13.2 Å². The van der Waals surface area contributed by atoms with Gasteiger partial charge in [0.1, 0.15) is 11.4 Å². The van der Waals surface area contributed by atoms with Crippen molar-refractivity contribution in [2.24, 2.45) is 0 Å². The monoisotopic (exact) mass is 522 g/mol. The molecule has 0 aliphatic carbocycles. The molecule has 38 heavy (non-hydrogen) atoms. The molecule has 0 bridgehead atoms. The summed E-state index contributed by atoms with van der Waals surface area (Å²) in [6.45, 7) is 17.4. The van der Waals surface area contributed by atoms with Crippen LogP contribution in [-0.4, -0.2) is 71.5 Å². The number of hydrogen-bond donors (Lipinski definition) is 1. The second-order valence-corrected chi connectivity index (χ2v) is 12.0. The topological polar surface area (TPSA) is 93.2 Å². The van der Waals surface area contributed by atoms with E-state index in [0.717, 1.165) is 11.3 Å². The number of amides is 2. The fraction of sp³-hybridized carbons (Fsp3) is 0.536. The highest BCUT2D eigenvalue weighted by atomic mass is 16.7. The number of carbonyl (C=O) groups excluding carboxylic acids is 2. The molecule has 2 aromatic rings. The largest absolute Gasteiger partial charge is 0.494 e. The normalized spacial score (nSPS) is 20.8. The third-order valence-electron chi connectivity index (χ3n) is 7.28. The molecule has 2 aliphatic rings. The van der Waals surface area contributed by atoms with Gasteiger partial charge in [0.25, 0.3) is 5.91 Å². The summed E-state index contributed by atoms with van der Waals surface area (Å²) < 4.78 is 17.7. The zero-order valence-corrected chi connectivity index (χ0v) is 23.7. The van der Waals surface area contributed by atoms with E-state index >= 15 is 0 Å². The molecule has 2 aliphatic heterocycles. The first kappa shape index (κ1) is 27.9. The Kier molecular flexibility index (Phi) is 7.51. The summed E-state index contributed by atoms with van der Waals surface area (Å²) in [5, 5.41) is 2.92. The zero-order chi connectivity index (χ0) is 27.9. The Balaban J connectivity index is 1.33. The molecule has 3 heterocycles. The Bertz CT molecular complexity index is 1150. The minimum absolute atomic E-state index is 0.0611. The number of ether oxygens (including phenoxy) is 1. The predicted octanol–water partition coefficient (Wildman–Crippen LogP) is 4.08. The lowest BCUT2D eigenvalue weighted by Gasteiger charge is -2.40. The molecule has 0 unspecified atom stereocenters. The van der Waals surface area contributed by atoms with Crippen molar-refractivity contribution in [1.82, 2.24) is 9.88 Å². The summed E-state index contributed by atoms with van der Waals surface area (Å²) >= 11 is 0. The van der Waals surface area contributed by atoms with Crippen molar-refractivity contribution in [1.29, 1.82) is 0 Å². The highest BCUT2D eigenvalue weighted by Crippen LogP contribution is 2.36. The second kappa shape index (κ2) is 10.2. The van der Waals surface area contributed by atoms with Gasteiger partial charge in [-0.25, -0.2) is 9.78 Å². The Labute approximate surface area is 226 Å². The molecule has 1 N–H and O–H groups in total. The minimum atomic E-state index is -0.523. The summed E-state index contributed by atoms with van der Waals surface area (Å²) in [6, 6.07) is 11.2. The fourth-order valence-corrected chi connectivity index (χ4v) is 4.39. The standard InChI is InChI=1S/C28H39BN4O5/c1-19-18-32(25(35)36-26(2,3)4)15-16-33(19)23-14-9-20(17-30-23)24(34)31-22-12-10-21(11-13-22)29-37-27(5,6)28(7,8)38-29/h9-14,17,19H,15-16,18H2,1-8H3,(H,31,34)/t19-/m1/s1. The van der Waals surface area contributed by atoms with Crippen molar-refractivity contribution in [2.75, 3.05) is 29.9 Å². The van der Waals surface area contributed by atoms with E-state index in [-0.39, 0.29) is 18.0 Å². The van der Waals surface area contributed by atoms with Gasteiger partial charge in [0.2, 0.25) is 0 Å². The molecule has 10 heteroatoms. The molecule has 0 saturated carbocycles. The average Bonchev–Trinajstić information content (AvgIpc) is 3.05. The quantitative estimate of drug-likeness (QED) is 0.605. The van der Waals surface area contributed by atoms with Crippen LogP contribution in [0.1, 0.15) is 65.7 Å². The van der Waals surface area contributed by atoms with Crippen LogP contribution in [0.4, 0.5) is 16.3 Å². The average molecular weight is 522 g/mol. The molecule has 2 saturated heterocycles. The molecule has 9 nitrogen and oxygen atoms in total. The molecule has 0 radical (unpaired) electrons. The second-order valence-electron chi connectivity index (χ2n) is 12.0. The van der Waals surface area contributed by atoms with Gasteiger partial charge in [-0.05, 0) is 85.1 Å². The maximum absolute atomic E-state index is 12.8. The van der Waals surface area contributed by atoms with E-state index in [1.54, 1.807) is 17.2 Å². The zero-order valence-electron chi connectivity index (χ0n) is 23.7. The van der Waals surface area contributed by atoms with E-state index in [4.69, 9.17) is 14.0 Å². The van der Waals surface area contributed by atoms with Crippen LogP contribution in [0.2, 0.25) is 0 Å². The van der Waals surface area contributed by atoms with Gasteiger partial charge < -0.3 is 29.2 Å². The Hall–Kier alpha value is -3.11. The van der Waals surface area contributed by atoms with Gasteiger partial charge in [0.15, 0.2) is 0 Å². The molecule has 204 valence electrons. The maximum atomic E-state index is 12.8. The van der Waals surface area contributed by atoms with Crippen LogP contribution in [0.15, 0.2) is 42.6 Å².